The van der Waals surface area contributed by atoms with Crippen LogP contribution in [-0.4, -0.2) is 49.2 Å². The van der Waals surface area contributed by atoms with Crippen LogP contribution in [0.1, 0.15) is 25.3 Å². The quantitative estimate of drug-likeness (QED) is 0.570. The summed E-state index contributed by atoms with van der Waals surface area (Å²) in [6.07, 6.45) is 1.77. The predicted octanol–water partition coefficient (Wildman–Crippen LogP) is 3.51. The molecule has 4 rings (SSSR count). The van der Waals surface area contributed by atoms with Crippen molar-refractivity contribution < 1.29 is 18.7 Å². The van der Waals surface area contributed by atoms with Crippen LogP contribution in [0.3, 0.4) is 0 Å². The fourth-order valence-corrected chi connectivity index (χ4v) is 4.13. The molecule has 9 nitrogen and oxygen atoms in total. The molecule has 176 valence electrons. The maximum Gasteiger partial charge on any atom is 0.229 e. The number of rotatable bonds is 6. The monoisotopic (exact) mass is 464 g/mol. The number of nitrogens with one attached hydrogen (secondary N) is 2. The SMILES string of the molecule is COc1cc2nc(Nc3ccc(F)c(C#N)c3)nc(N3CCC[C@@H](NC(C)=O)C3)c2cc1OC. The van der Waals surface area contributed by atoms with Gasteiger partial charge in [-0.25, -0.2) is 9.37 Å². The predicted molar refractivity (Wildman–Crippen MR) is 126 cm³/mol. The van der Waals surface area contributed by atoms with Crippen LogP contribution in [0.25, 0.3) is 10.9 Å². The van der Waals surface area contributed by atoms with Crippen molar-refractivity contribution in [2.75, 3.05) is 37.5 Å². The molecule has 0 unspecified atom stereocenters. The highest BCUT2D eigenvalue weighted by atomic mass is 19.1. The minimum absolute atomic E-state index is 0.00287. The highest BCUT2D eigenvalue weighted by molar-refractivity contribution is 5.93. The number of amides is 1. The first kappa shape index (κ1) is 23.0. The molecular weight excluding hydrogens is 439 g/mol. The fourth-order valence-electron chi connectivity index (χ4n) is 4.13. The van der Waals surface area contributed by atoms with Crippen molar-refractivity contribution in [2.45, 2.75) is 25.8 Å². The summed E-state index contributed by atoms with van der Waals surface area (Å²) in [6, 6.07) is 9.59. The largest absolute Gasteiger partial charge is 0.493 e. The highest BCUT2D eigenvalue weighted by Gasteiger charge is 2.25. The number of ether oxygens (including phenoxy) is 2. The number of aromatic nitrogens is 2. The van der Waals surface area contributed by atoms with Crippen molar-refractivity contribution in [1.29, 1.82) is 5.26 Å². The van der Waals surface area contributed by atoms with Crippen LogP contribution in [0.4, 0.5) is 21.8 Å². The topological polar surface area (TPSA) is 112 Å². The van der Waals surface area contributed by atoms with Gasteiger partial charge in [-0.05, 0) is 37.1 Å². The van der Waals surface area contributed by atoms with Crippen LogP contribution in [0.2, 0.25) is 0 Å². The third-order valence-corrected chi connectivity index (χ3v) is 5.65. The lowest BCUT2D eigenvalue weighted by atomic mass is 10.0. The van der Waals surface area contributed by atoms with Gasteiger partial charge in [0.2, 0.25) is 11.9 Å². The third-order valence-electron chi connectivity index (χ3n) is 5.65. The normalized spacial score (nSPS) is 15.5. The van der Waals surface area contributed by atoms with Gasteiger partial charge in [-0.3, -0.25) is 4.79 Å². The lowest BCUT2D eigenvalue weighted by Crippen LogP contribution is -2.47. The molecule has 1 aliphatic rings. The molecule has 3 aromatic rings. The fraction of sp³-hybridized carbons (Fsp3) is 0.333. The van der Waals surface area contributed by atoms with Gasteiger partial charge in [-0.1, -0.05) is 0 Å². The summed E-state index contributed by atoms with van der Waals surface area (Å²) in [7, 11) is 3.12. The van der Waals surface area contributed by atoms with Crippen LogP contribution in [0.5, 0.6) is 11.5 Å². The minimum Gasteiger partial charge on any atom is -0.493 e. The summed E-state index contributed by atoms with van der Waals surface area (Å²) in [5.41, 5.74) is 1.03. The van der Waals surface area contributed by atoms with E-state index in [1.54, 1.807) is 20.3 Å². The molecule has 1 aromatic heterocycles. The van der Waals surface area contributed by atoms with E-state index < -0.39 is 5.82 Å². The molecule has 1 saturated heterocycles. The van der Waals surface area contributed by atoms with E-state index in [0.29, 0.717) is 35.1 Å². The van der Waals surface area contributed by atoms with Gasteiger partial charge in [0.1, 0.15) is 17.7 Å². The average Bonchev–Trinajstić information content (AvgIpc) is 2.83. The molecule has 0 bridgehead atoms. The van der Waals surface area contributed by atoms with Gasteiger partial charge in [0.05, 0.1) is 25.3 Å². The zero-order chi connectivity index (χ0) is 24.2. The van der Waals surface area contributed by atoms with Crippen molar-refractivity contribution in [3.63, 3.8) is 0 Å². The van der Waals surface area contributed by atoms with Crippen LogP contribution >= 0.6 is 0 Å². The zero-order valence-electron chi connectivity index (χ0n) is 19.2. The zero-order valence-corrected chi connectivity index (χ0v) is 19.2. The Morgan fingerprint density at radius 2 is 1.97 bits per heavy atom. The molecule has 1 atom stereocenters. The van der Waals surface area contributed by atoms with E-state index >= 15 is 0 Å². The average molecular weight is 465 g/mol. The Hall–Kier alpha value is -4.13. The number of nitrogens with zero attached hydrogens (tertiary/aromatic N) is 4. The first-order chi connectivity index (χ1) is 16.4. The molecule has 0 aliphatic carbocycles. The summed E-state index contributed by atoms with van der Waals surface area (Å²) >= 11 is 0. The molecule has 1 fully saturated rings. The van der Waals surface area contributed by atoms with Crippen molar-refractivity contribution in [2.24, 2.45) is 0 Å². The van der Waals surface area contributed by atoms with Crippen molar-refractivity contribution >= 4 is 34.3 Å². The smallest absolute Gasteiger partial charge is 0.229 e. The number of hydrogen-bond acceptors (Lipinski definition) is 8. The number of methoxy groups -OCH3 is 2. The van der Waals surface area contributed by atoms with Crippen molar-refractivity contribution in [3.8, 4) is 17.6 Å². The second kappa shape index (κ2) is 9.79. The number of fused-ring (bicyclic) bond motifs is 1. The van der Waals surface area contributed by atoms with E-state index in [2.05, 4.69) is 20.5 Å². The molecule has 1 amide bonds. The number of benzene rings is 2. The van der Waals surface area contributed by atoms with E-state index in [0.717, 1.165) is 24.8 Å². The second-order valence-corrected chi connectivity index (χ2v) is 8.01. The summed E-state index contributed by atoms with van der Waals surface area (Å²) in [4.78, 5) is 23.1. The Morgan fingerprint density at radius 3 is 2.68 bits per heavy atom. The number of carbonyl (C=O) groups excluding carboxylic acids is 1. The number of hydrogen-bond donors (Lipinski definition) is 2. The first-order valence-electron chi connectivity index (χ1n) is 10.8. The summed E-state index contributed by atoms with van der Waals surface area (Å²) < 4.78 is 24.7. The standard InChI is InChI=1S/C24H25FN6O3/c1-14(32)27-17-5-4-8-31(13-17)23-18-10-21(33-2)22(34-3)11-20(18)29-24(30-23)28-16-6-7-19(25)15(9-16)12-26/h6-7,9-11,17H,4-5,8,13H2,1-3H3,(H,27,32)(H,28,29,30)/t17-/m1/s1. The van der Waals surface area contributed by atoms with E-state index in [-0.39, 0.29) is 23.5 Å². The van der Waals surface area contributed by atoms with Gasteiger partial charge in [0.15, 0.2) is 11.5 Å². The highest BCUT2D eigenvalue weighted by Crippen LogP contribution is 2.37. The van der Waals surface area contributed by atoms with Gasteiger partial charge < -0.3 is 25.0 Å². The molecule has 10 heteroatoms. The van der Waals surface area contributed by atoms with Crippen LogP contribution in [0, 0.1) is 17.1 Å². The van der Waals surface area contributed by atoms with Crippen LogP contribution in [-0.2, 0) is 4.79 Å². The first-order valence-corrected chi connectivity index (χ1v) is 10.8. The molecule has 2 heterocycles. The van der Waals surface area contributed by atoms with E-state index in [9.17, 15) is 9.18 Å². The molecule has 2 N–H and O–H groups in total. The number of carbonyl (C=O) groups is 1. The molecule has 0 spiro atoms. The van der Waals surface area contributed by atoms with Crippen LogP contribution < -0.4 is 25.0 Å². The van der Waals surface area contributed by atoms with Gasteiger partial charge in [-0.2, -0.15) is 10.2 Å². The Kier molecular flexibility index (Phi) is 6.63. The maximum absolute atomic E-state index is 13.8. The lowest BCUT2D eigenvalue weighted by molar-refractivity contribution is -0.119. The van der Waals surface area contributed by atoms with Crippen molar-refractivity contribution in [3.05, 3.63) is 41.7 Å². The van der Waals surface area contributed by atoms with Gasteiger partial charge in [-0.15, -0.1) is 0 Å². The Bertz CT molecular complexity index is 1280. The number of piperidine rings is 1. The number of halogens is 1. The van der Waals surface area contributed by atoms with Gasteiger partial charge in [0, 0.05) is 43.2 Å². The van der Waals surface area contributed by atoms with Gasteiger partial charge in [0.25, 0.3) is 0 Å². The number of nitriles is 1. The minimum atomic E-state index is -0.595. The Morgan fingerprint density at radius 1 is 1.21 bits per heavy atom. The molecule has 1 aliphatic heterocycles. The Balaban J connectivity index is 1.80. The summed E-state index contributed by atoms with van der Waals surface area (Å²) in [5.74, 6) is 1.36. The Labute approximate surface area is 196 Å². The second-order valence-electron chi connectivity index (χ2n) is 8.01. The maximum atomic E-state index is 13.8. The van der Waals surface area contributed by atoms with Gasteiger partial charge >= 0.3 is 0 Å². The molecule has 0 saturated carbocycles. The molecular formula is C24H25FN6O3. The lowest BCUT2D eigenvalue weighted by Gasteiger charge is -2.34. The van der Waals surface area contributed by atoms with E-state index in [4.69, 9.17) is 19.7 Å². The van der Waals surface area contributed by atoms with Crippen LogP contribution in [0.15, 0.2) is 30.3 Å². The third kappa shape index (κ3) is 4.78. The molecule has 0 radical (unpaired) electrons. The molecule has 34 heavy (non-hydrogen) atoms. The summed E-state index contributed by atoms with van der Waals surface area (Å²) in [6.45, 7) is 2.86. The van der Waals surface area contributed by atoms with E-state index in [1.807, 2.05) is 12.1 Å². The number of anilines is 3. The molecule has 2 aromatic carbocycles. The van der Waals surface area contributed by atoms with Crippen molar-refractivity contribution in [1.82, 2.24) is 15.3 Å². The van der Waals surface area contributed by atoms with E-state index in [1.165, 1.54) is 25.1 Å². The summed E-state index contributed by atoms with van der Waals surface area (Å²) in [5, 5.41) is 16.0.